The molecule has 16 heavy (non-hydrogen) atoms. The number of fused-ring (bicyclic) bond motifs is 1. The Balaban J connectivity index is 2.92. The molecular weight excluding hydrogens is 198 g/mol. The van der Waals surface area contributed by atoms with Gasteiger partial charge in [0, 0.05) is 11.6 Å². The van der Waals surface area contributed by atoms with Crippen LogP contribution in [0.4, 0.5) is 0 Å². The maximum Gasteiger partial charge on any atom is 0.255 e. The van der Waals surface area contributed by atoms with Crippen molar-refractivity contribution in [3.63, 3.8) is 0 Å². The molecule has 0 bridgehead atoms. The van der Waals surface area contributed by atoms with Crippen LogP contribution in [0.3, 0.4) is 0 Å². The van der Waals surface area contributed by atoms with Crippen molar-refractivity contribution in [1.29, 1.82) is 0 Å². The Labute approximate surface area is 95.3 Å². The van der Waals surface area contributed by atoms with E-state index < -0.39 is 0 Å². The van der Waals surface area contributed by atoms with Crippen molar-refractivity contribution in [2.75, 3.05) is 0 Å². The summed E-state index contributed by atoms with van der Waals surface area (Å²) in [6.45, 7) is 8.51. The summed E-state index contributed by atoms with van der Waals surface area (Å²) in [6, 6.07) is 5.97. The highest BCUT2D eigenvalue weighted by molar-refractivity contribution is 5.86. The van der Waals surface area contributed by atoms with Crippen LogP contribution < -0.4 is 5.56 Å². The Morgan fingerprint density at radius 2 is 1.81 bits per heavy atom. The molecule has 2 heteroatoms. The summed E-state index contributed by atoms with van der Waals surface area (Å²) in [7, 11) is 0. The first-order valence-corrected chi connectivity index (χ1v) is 5.52. The van der Waals surface area contributed by atoms with Gasteiger partial charge in [-0.05, 0) is 29.4 Å². The Kier molecular flexibility index (Phi) is 2.38. The lowest BCUT2D eigenvalue weighted by Gasteiger charge is -2.20. The maximum absolute atomic E-state index is 11.7. The number of aromatic amines is 1. The molecule has 2 aromatic rings. The molecule has 84 valence electrons. The van der Waals surface area contributed by atoms with Gasteiger partial charge in [-0.1, -0.05) is 38.5 Å². The molecule has 2 nitrogen and oxygen atoms in total. The fraction of sp³-hybridized carbons (Fsp3) is 0.357. The second kappa shape index (κ2) is 3.48. The van der Waals surface area contributed by atoms with Crippen LogP contribution in [0.1, 0.15) is 31.9 Å². The summed E-state index contributed by atoms with van der Waals surface area (Å²) in [4.78, 5) is 14.5. The van der Waals surface area contributed by atoms with Crippen LogP contribution in [0.15, 0.2) is 29.2 Å². The van der Waals surface area contributed by atoms with Gasteiger partial charge >= 0.3 is 0 Å². The van der Waals surface area contributed by atoms with Crippen LogP contribution in [0.2, 0.25) is 0 Å². The standard InChI is InChI=1S/C14H17NO/c1-9-5-6-10-11(7-9)12(14(2,3)4)8-15-13(10)16/h5-8H,1-4H3,(H,15,16). The minimum Gasteiger partial charge on any atom is -0.328 e. The van der Waals surface area contributed by atoms with E-state index in [0.717, 1.165) is 10.8 Å². The number of pyridine rings is 1. The molecule has 1 aromatic heterocycles. The molecule has 0 radical (unpaired) electrons. The smallest absolute Gasteiger partial charge is 0.255 e. The lowest BCUT2D eigenvalue weighted by Crippen LogP contribution is -2.16. The Morgan fingerprint density at radius 3 is 2.44 bits per heavy atom. The van der Waals surface area contributed by atoms with Crippen LogP contribution in [-0.2, 0) is 5.41 Å². The van der Waals surface area contributed by atoms with Crippen LogP contribution in [-0.4, -0.2) is 4.98 Å². The molecule has 1 N–H and O–H groups in total. The first-order valence-electron chi connectivity index (χ1n) is 5.52. The molecule has 0 aliphatic heterocycles. The van der Waals surface area contributed by atoms with Crippen LogP contribution in [0.25, 0.3) is 10.8 Å². The Hall–Kier alpha value is -1.57. The van der Waals surface area contributed by atoms with Crippen LogP contribution in [0.5, 0.6) is 0 Å². The predicted octanol–water partition coefficient (Wildman–Crippen LogP) is 3.13. The van der Waals surface area contributed by atoms with Crippen molar-refractivity contribution < 1.29 is 0 Å². The average molecular weight is 215 g/mol. The van der Waals surface area contributed by atoms with Gasteiger partial charge in [-0.2, -0.15) is 0 Å². The maximum atomic E-state index is 11.7. The number of hydrogen-bond donors (Lipinski definition) is 1. The fourth-order valence-electron chi connectivity index (χ4n) is 1.99. The zero-order valence-corrected chi connectivity index (χ0v) is 10.2. The molecule has 2 rings (SSSR count). The Bertz CT molecular complexity index is 588. The molecule has 1 heterocycles. The van der Waals surface area contributed by atoms with Gasteiger partial charge in [0.1, 0.15) is 0 Å². The van der Waals surface area contributed by atoms with Crippen molar-refractivity contribution in [2.45, 2.75) is 33.1 Å². The summed E-state index contributed by atoms with van der Waals surface area (Å²) in [5.41, 5.74) is 2.40. The SMILES string of the molecule is Cc1ccc2c(=O)[nH]cc(C(C)(C)C)c2c1. The molecular formula is C14H17NO. The van der Waals surface area contributed by atoms with Gasteiger partial charge in [0.25, 0.3) is 5.56 Å². The Morgan fingerprint density at radius 1 is 1.12 bits per heavy atom. The molecule has 0 saturated heterocycles. The number of benzene rings is 1. The highest BCUT2D eigenvalue weighted by atomic mass is 16.1. The summed E-state index contributed by atoms with van der Waals surface area (Å²) >= 11 is 0. The van der Waals surface area contributed by atoms with E-state index in [1.807, 2.05) is 25.3 Å². The van der Waals surface area contributed by atoms with Gasteiger partial charge in [0.15, 0.2) is 0 Å². The number of nitrogens with one attached hydrogen (secondary N) is 1. The van der Waals surface area contributed by atoms with Crippen molar-refractivity contribution in [1.82, 2.24) is 4.98 Å². The molecule has 0 spiro atoms. The number of aryl methyl sites for hydroxylation is 1. The number of hydrogen-bond acceptors (Lipinski definition) is 1. The van der Waals surface area contributed by atoms with E-state index in [2.05, 4.69) is 31.8 Å². The molecule has 0 aliphatic carbocycles. The largest absolute Gasteiger partial charge is 0.328 e. The molecule has 0 saturated carbocycles. The third-order valence-electron chi connectivity index (χ3n) is 2.87. The second-order valence-electron chi connectivity index (χ2n) is 5.33. The van der Waals surface area contributed by atoms with Crippen LogP contribution >= 0.6 is 0 Å². The third kappa shape index (κ3) is 1.75. The summed E-state index contributed by atoms with van der Waals surface area (Å²) < 4.78 is 0. The molecule has 0 fully saturated rings. The molecule has 0 aliphatic rings. The normalized spacial score (nSPS) is 12.0. The van der Waals surface area contributed by atoms with E-state index in [1.165, 1.54) is 11.1 Å². The lowest BCUT2D eigenvalue weighted by atomic mass is 9.85. The molecule has 0 unspecified atom stereocenters. The van der Waals surface area contributed by atoms with Gasteiger partial charge in [-0.15, -0.1) is 0 Å². The minimum atomic E-state index is -0.0111. The lowest BCUT2D eigenvalue weighted by molar-refractivity contribution is 0.593. The monoisotopic (exact) mass is 215 g/mol. The minimum absolute atomic E-state index is 0.0111. The summed E-state index contributed by atoms with van der Waals surface area (Å²) in [5.74, 6) is 0. The van der Waals surface area contributed by atoms with Crippen LogP contribution in [0, 0.1) is 6.92 Å². The first-order chi connectivity index (χ1) is 7.39. The highest BCUT2D eigenvalue weighted by Crippen LogP contribution is 2.28. The number of aromatic nitrogens is 1. The van der Waals surface area contributed by atoms with E-state index in [9.17, 15) is 4.79 Å². The quantitative estimate of drug-likeness (QED) is 0.719. The van der Waals surface area contributed by atoms with Crippen molar-refractivity contribution in [2.24, 2.45) is 0 Å². The van der Waals surface area contributed by atoms with E-state index in [1.54, 1.807) is 0 Å². The topological polar surface area (TPSA) is 32.9 Å². The van der Waals surface area contributed by atoms with Crippen molar-refractivity contribution >= 4 is 10.8 Å². The van der Waals surface area contributed by atoms with Gasteiger partial charge in [-0.25, -0.2) is 0 Å². The van der Waals surface area contributed by atoms with Gasteiger partial charge in [-0.3, -0.25) is 4.79 Å². The van der Waals surface area contributed by atoms with Gasteiger partial charge in [0.2, 0.25) is 0 Å². The molecule has 1 aromatic carbocycles. The van der Waals surface area contributed by atoms with E-state index in [0.29, 0.717) is 0 Å². The first kappa shape index (κ1) is 10.9. The number of rotatable bonds is 0. The highest BCUT2D eigenvalue weighted by Gasteiger charge is 2.17. The molecule has 0 atom stereocenters. The third-order valence-corrected chi connectivity index (χ3v) is 2.87. The predicted molar refractivity (Wildman–Crippen MR) is 68.0 cm³/mol. The zero-order valence-electron chi connectivity index (χ0n) is 10.2. The van der Waals surface area contributed by atoms with Crippen molar-refractivity contribution in [3.8, 4) is 0 Å². The van der Waals surface area contributed by atoms with E-state index >= 15 is 0 Å². The molecule has 0 amide bonds. The van der Waals surface area contributed by atoms with Crippen molar-refractivity contribution in [3.05, 3.63) is 45.9 Å². The summed E-state index contributed by atoms with van der Waals surface area (Å²) in [5, 5.41) is 1.84. The fourth-order valence-corrected chi connectivity index (χ4v) is 1.99. The summed E-state index contributed by atoms with van der Waals surface area (Å²) in [6.07, 6.45) is 1.84. The van der Waals surface area contributed by atoms with Gasteiger partial charge < -0.3 is 4.98 Å². The van der Waals surface area contributed by atoms with E-state index in [-0.39, 0.29) is 11.0 Å². The number of H-pyrrole nitrogens is 1. The average Bonchev–Trinajstić information content (AvgIpc) is 2.15. The second-order valence-corrected chi connectivity index (χ2v) is 5.33. The van der Waals surface area contributed by atoms with Gasteiger partial charge in [0.05, 0.1) is 0 Å². The van der Waals surface area contributed by atoms with E-state index in [4.69, 9.17) is 0 Å². The zero-order chi connectivity index (χ0) is 11.9.